The zero-order chi connectivity index (χ0) is 14.7. The molecule has 0 bridgehead atoms. The minimum absolute atomic E-state index is 0.0360. The van der Waals surface area contributed by atoms with Gasteiger partial charge in [0.05, 0.1) is 5.56 Å². The van der Waals surface area contributed by atoms with Crippen LogP contribution in [-0.2, 0) is 6.54 Å². The van der Waals surface area contributed by atoms with E-state index in [-0.39, 0.29) is 23.5 Å². The highest BCUT2D eigenvalue weighted by atomic mass is 19.1. The molecule has 2 aromatic carbocycles. The Balaban J connectivity index is 2.22. The Kier molecular flexibility index (Phi) is 3.98. The summed E-state index contributed by atoms with van der Waals surface area (Å²) in [6, 6.07) is 9.45. The van der Waals surface area contributed by atoms with Gasteiger partial charge in [-0.05, 0) is 42.5 Å². The first-order valence-electron chi connectivity index (χ1n) is 5.96. The molecule has 0 aromatic heterocycles. The van der Waals surface area contributed by atoms with E-state index in [2.05, 4.69) is 0 Å². The summed E-state index contributed by atoms with van der Waals surface area (Å²) < 4.78 is 26.5. The van der Waals surface area contributed by atoms with E-state index in [0.717, 1.165) is 6.07 Å². The maximum absolute atomic E-state index is 13.7. The van der Waals surface area contributed by atoms with Crippen LogP contribution in [0.1, 0.15) is 15.9 Å². The predicted molar refractivity (Wildman–Crippen MR) is 71.9 cm³/mol. The molecule has 0 aliphatic carbocycles. The van der Waals surface area contributed by atoms with Gasteiger partial charge in [-0.25, -0.2) is 13.6 Å². The monoisotopic (exact) mass is 277 g/mol. The minimum Gasteiger partial charge on any atom is -0.478 e. The van der Waals surface area contributed by atoms with Gasteiger partial charge < -0.3 is 10.0 Å². The van der Waals surface area contributed by atoms with Crippen LogP contribution in [0.3, 0.4) is 0 Å². The lowest BCUT2D eigenvalue weighted by Gasteiger charge is -2.20. The molecule has 1 N–H and O–H groups in total. The molecule has 0 spiro atoms. The number of aromatic carboxylic acids is 1. The molecule has 0 heterocycles. The Morgan fingerprint density at radius 3 is 2.40 bits per heavy atom. The number of carboxylic acid groups (broad SMARTS) is 1. The molecule has 20 heavy (non-hydrogen) atoms. The van der Waals surface area contributed by atoms with E-state index in [0.29, 0.717) is 5.69 Å². The van der Waals surface area contributed by atoms with Gasteiger partial charge in [0.2, 0.25) is 0 Å². The lowest BCUT2D eigenvalue weighted by molar-refractivity contribution is 0.0696. The van der Waals surface area contributed by atoms with Crippen LogP contribution in [0.2, 0.25) is 0 Å². The Morgan fingerprint density at radius 2 is 1.80 bits per heavy atom. The maximum Gasteiger partial charge on any atom is 0.335 e. The number of benzene rings is 2. The van der Waals surface area contributed by atoms with Crippen LogP contribution in [-0.4, -0.2) is 18.1 Å². The highest BCUT2D eigenvalue weighted by Crippen LogP contribution is 2.18. The Morgan fingerprint density at radius 1 is 1.15 bits per heavy atom. The highest BCUT2D eigenvalue weighted by Gasteiger charge is 2.11. The molecule has 0 amide bonds. The van der Waals surface area contributed by atoms with Crippen molar-refractivity contribution in [1.29, 1.82) is 0 Å². The third kappa shape index (κ3) is 3.12. The molecule has 0 saturated carbocycles. The Bertz CT molecular complexity index is 626. The van der Waals surface area contributed by atoms with Crippen molar-refractivity contribution in [2.45, 2.75) is 6.54 Å². The molecule has 0 radical (unpaired) electrons. The van der Waals surface area contributed by atoms with Crippen LogP contribution in [0.15, 0.2) is 42.5 Å². The first-order valence-corrected chi connectivity index (χ1v) is 5.96. The van der Waals surface area contributed by atoms with E-state index in [1.807, 2.05) is 0 Å². The summed E-state index contributed by atoms with van der Waals surface area (Å²) in [5.74, 6) is -1.92. The highest BCUT2D eigenvalue weighted by molar-refractivity contribution is 5.87. The summed E-state index contributed by atoms with van der Waals surface area (Å²) in [5, 5.41) is 8.90. The molecule has 5 heteroatoms. The van der Waals surface area contributed by atoms with E-state index in [1.54, 1.807) is 24.1 Å². The van der Waals surface area contributed by atoms with Gasteiger partial charge in [-0.2, -0.15) is 0 Å². The fraction of sp³-hybridized carbons (Fsp3) is 0.133. The molecule has 0 atom stereocenters. The van der Waals surface area contributed by atoms with Gasteiger partial charge in [-0.1, -0.05) is 0 Å². The average molecular weight is 277 g/mol. The van der Waals surface area contributed by atoms with E-state index in [1.165, 1.54) is 24.3 Å². The lowest BCUT2D eigenvalue weighted by atomic mass is 10.1. The second-order valence-corrected chi connectivity index (χ2v) is 4.44. The summed E-state index contributed by atoms with van der Waals surface area (Å²) in [4.78, 5) is 12.6. The van der Waals surface area contributed by atoms with Crippen molar-refractivity contribution in [1.82, 2.24) is 0 Å². The number of carboxylic acids is 1. The standard InChI is InChI=1S/C15H13F2NO2/c1-18(13-5-3-12(16)4-6-13)9-11-8-10(15(19)20)2-7-14(11)17/h2-8H,9H2,1H3,(H,19,20). The van der Waals surface area contributed by atoms with Crippen molar-refractivity contribution in [2.24, 2.45) is 0 Å². The fourth-order valence-corrected chi connectivity index (χ4v) is 1.87. The van der Waals surface area contributed by atoms with Crippen molar-refractivity contribution >= 4 is 11.7 Å². The van der Waals surface area contributed by atoms with E-state index >= 15 is 0 Å². The van der Waals surface area contributed by atoms with Crippen LogP contribution in [0.25, 0.3) is 0 Å². The summed E-state index contributed by atoms with van der Waals surface area (Å²) in [6.07, 6.45) is 0. The first-order chi connectivity index (χ1) is 9.47. The van der Waals surface area contributed by atoms with Crippen LogP contribution in [0, 0.1) is 11.6 Å². The van der Waals surface area contributed by atoms with Crippen molar-refractivity contribution in [3.05, 3.63) is 65.2 Å². The van der Waals surface area contributed by atoms with E-state index < -0.39 is 11.8 Å². The molecule has 2 rings (SSSR count). The third-order valence-corrected chi connectivity index (χ3v) is 2.97. The summed E-state index contributed by atoms with van der Waals surface area (Å²) in [7, 11) is 1.72. The van der Waals surface area contributed by atoms with E-state index in [9.17, 15) is 13.6 Å². The summed E-state index contributed by atoms with van der Waals surface area (Å²) >= 11 is 0. The second kappa shape index (κ2) is 5.69. The van der Waals surface area contributed by atoms with Gasteiger partial charge in [0, 0.05) is 24.8 Å². The zero-order valence-electron chi connectivity index (χ0n) is 10.8. The second-order valence-electron chi connectivity index (χ2n) is 4.44. The fourth-order valence-electron chi connectivity index (χ4n) is 1.87. The Hall–Kier alpha value is -2.43. The van der Waals surface area contributed by atoms with E-state index in [4.69, 9.17) is 5.11 Å². The van der Waals surface area contributed by atoms with Crippen LogP contribution >= 0.6 is 0 Å². The largest absolute Gasteiger partial charge is 0.478 e. The van der Waals surface area contributed by atoms with Crippen LogP contribution in [0.4, 0.5) is 14.5 Å². The molecule has 0 unspecified atom stereocenters. The minimum atomic E-state index is -1.10. The zero-order valence-corrected chi connectivity index (χ0v) is 10.8. The van der Waals surface area contributed by atoms with Gasteiger partial charge in [0.15, 0.2) is 0 Å². The number of anilines is 1. The summed E-state index contributed by atoms with van der Waals surface area (Å²) in [5.41, 5.74) is 1.03. The van der Waals surface area contributed by atoms with Gasteiger partial charge in [0.1, 0.15) is 11.6 Å². The number of hydrogen-bond acceptors (Lipinski definition) is 2. The topological polar surface area (TPSA) is 40.5 Å². The summed E-state index contributed by atoms with van der Waals surface area (Å²) in [6.45, 7) is 0.193. The molecular formula is C15H13F2NO2. The average Bonchev–Trinajstić information content (AvgIpc) is 2.41. The predicted octanol–water partition coefficient (Wildman–Crippen LogP) is 3.30. The SMILES string of the molecule is CN(Cc1cc(C(=O)O)ccc1F)c1ccc(F)cc1. The molecule has 0 saturated heterocycles. The third-order valence-electron chi connectivity index (χ3n) is 2.97. The molecule has 3 nitrogen and oxygen atoms in total. The van der Waals surface area contributed by atoms with Crippen molar-refractivity contribution in [3.8, 4) is 0 Å². The van der Waals surface area contributed by atoms with Crippen molar-refractivity contribution in [3.63, 3.8) is 0 Å². The van der Waals surface area contributed by atoms with Crippen LogP contribution in [0.5, 0.6) is 0 Å². The van der Waals surface area contributed by atoms with Gasteiger partial charge in [-0.15, -0.1) is 0 Å². The van der Waals surface area contributed by atoms with Gasteiger partial charge in [-0.3, -0.25) is 0 Å². The molecule has 104 valence electrons. The molecular weight excluding hydrogens is 264 g/mol. The first kappa shape index (κ1) is 14.0. The number of rotatable bonds is 4. The number of halogens is 2. The molecule has 2 aromatic rings. The molecule has 0 aliphatic rings. The maximum atomic E-state index is 13.7. The Labute approximate surface area is 115 Å². The van der Waals surface area contributed by atoms with Gasteiger partial charge >= 0.3 is 5.97 Å². The number of carbonyl (C=O) groups is 1. The normalized spacial score (nSPS) is 10.3. The number of nitrogens with zero attached hydrogens (tertiary/aromatic N) is 1. The lowest BCUT2D eigenvalue weighted by Crippen LogP contribution is -2.17. The van der Waals surface area contributed by atoms with Gasteiger partial charge in [0.25, 0.3) is 0 Å². The van der Waals surface area contributed by atoms with Crippen molar-refractivity contribution < 1.29 is 18.7 Å². The van der Waals surface area contributed by atoms with Crippen LogP contribution < -0.4 is 4.90 Å². The molecule has 0 fully saturated rings. The smallest absolute Gasteiger partial charge is 0.335 e. The van der Waals surface area contributed by atoms with Crippen molar-refractivity contribution in [2.75, 3.05) is 11.9 Å². The molecule has 0 aliphatic heterocycles. The quantitative estimate of drug-likeness (QED) is 0.932. The number of hydrogen-bond donors (Lipinski definition) is 1.